The van der Waals surface area contributed by atoms with Gasteiger partial charge in [-0.15, -0.1) is 11.3 Å². The molecule has 1 aliphatic rings. The van der Waals surface area contributed by atoms with E-state index in [4.69, 9.17) is 14.0 Å². The molecule has 1 aromatic heterocycles. The number of ether oxygens (including phenoxy) is 1. The Hall–Kier alpha value is -0.885. The van der Waals surface area contributed by atoms with Crippen LogP contribution in [-0.4, -0.2) is 36.5 Å². The molecule has 0 bridgehead atoms. The molecule has 2 heterocycles. The van der Waals surface area contributed by atoms with Crippen LogP contribution in [0, 0.1) is 0 Å². The second-order valence-corrected chi connectivity index (χ2v) is 6.86. The van der Waals surface area contributed by atoms with Crippen molar-refractivity contribution in [2.24, 2.45) is 0 Å². The van der Waals surface area contributed by atoms with Crippen molar-refractivity contribution < 1.29 is 23.9 Å². The highest BCUT2D eigenvalue weighted by atomic mass is 32.1. The molecule has 0 aromatic carbocycles. The molecule has 5 nitrogen and oxygen atoms in total. The highest BCUT2D eigenvalue weighted by Crippen LogP contribution is 2.37. The highest BCUT2D eigenvalue weighted by Gasteiger charge is 2.52. The molecule has 0 saturated carbocycles. The van der Waals surface area contributed by atoms with E-state index in [2.05, 4.69) is 0 Å². The first-order valence-electron chi connectivity index (χ1n) is 6.39. The maximum atomic E-state index is 11.6. The topological polar surface area (TPSA) is 65.0 Å². The first kappa shape index (κ1) is 15.5. The molecule has 0 radical (unpaired) electrons. The van der Waals surface area contributed by atoms with Crippen LogP contribution in [0.15, 0.2) is 6.07 Å². The number of hydrogen-bond acceptors (Lipinski definition) is 6. The van der Waals surface area contributed by atoms with Crippen LogP contribution in [0.2, 0.25) is 0 Å². The van der Waals surface area contributed by atoms with E-state index in [1.807, 2.05) is 27.7 Å². The van der Waals surface area contributed by atoms with Gasteiger partial charge in [0.25, 0.3) is 0 Å². The summed E-state index contributed by atoms with van der Waals surface area (Å²) in [5.74, 6) is -0.424. The third kappa shape index (κ3) is 2.51. The van der Waals surface area contributed by atoms with Crippen molar-refractivity contribution in [3.05, 3.63) is 15.8 Å². The molecule has 110 valence electrons. The van der Waals surface area contributed by atoms with Gasteiger partial charge in [-0.3, -0.25) is 0 Å². The third-order valence-corrected chi connectivity index (χ3v) is 4.99. The lowest BCUT2D eigenvalue weighted by atomic mass is 9.79. The van der Waals surface area contributed by atoms with E-state index in [-0.39, 0.29) is 6.61 Å². The van der Waals surface area contributed by atoms with Crippen molar-refractivity contribution in [2.75, 3.05) is 7.11 Å². The summed E-state index contributed by atoms with van der Waals surface area (Å²) < 4.78 is 16.6. The van der Waals surface area contributed by atoms with Crippen molar-refractivity contribution in [3.8, 4) is 0 Å². The summed E-state index contributed by atoms with van der Waals surface area (Å²) >= 11 is 1.19. The smallest absolute Gasteiger partial charge is 0.465 e. The number of thiophene rings is 1. The summed E-state index contributed by atoms with van der Waals surface area (Å²) in [7, 11) is 0.742. The molecule has 1 N–H and O–H groups in total. The van der Waals surface area contributed by atoms with E-state index >= 15 is 0 Å². The Kier molecular flexibility index (Phi) is 3.99. The molecule has 20 heavy (non-hydrogen) atoms. The normalized spacial score (nSPS) is 20.2. The zero-order valence-corrected chi connectivity index (χ0v) is 13.2. The highest BCUT2D eigenvalue weighted by molar-refractivity contribution is 7.15. The van der Waals surface area contributed by atoms with E-state index in [0.29, 0.717) is 15.2 Å². The predicted octanol–water partition coefficient (Wildman–Crippen LogP) is 1.33. The van der Waals surface area contributed by atoms with E-state index < -0.39 is 24.3 Å². The lowest BCUT2D eigenvalue weighted by Crippen LogP contribution is -2.41. The van der Waals surface area contributed by atoms with Crippen molar-refractivity contribution >= 4 is 29.9 Å². The zero-order chi connectivity index (χ0) is 15.1. The first-order chi connectivity index (χ1) is 9.21. The van der Waals surface area contributed by atoms with Gasteiger partial charge in [-0.25, -0.2) is 4.79 Å². The van der Waals surface area contributed by atoms with Gasteiger partial charge in [-0.2, -0.15) is 0 Å². The quantitative estimate of drug-likeness (QED) is 0.673. The minimum absolute atomic E-state index is 0.166. The van der Waals surface area contributed by atoms with Gasteiger partial charge in [0.1, 0.15) is 4.88 Å². The summed E-state index contributed by atoms with van der Waals surface area (Å²) in [6.07, 6.45) is 0. The molecule has 7 heteroatoms. The Morgan fingerprint density at radius 2 is 1.90 bits per heavy atom. The number of hydrogen-bond donors (Lipinski definition) is 1. The standard InChI is InChI=1S/C13H19BO5S/c1-12(2)13(3,4)19-14(18-12)8-6-9(11(16)17-5)20-10(8)7-15/h6,15H,7H2,1-5H3. The van der Waals surface area contributed by atoms with Gasteiger partial charge in [0, 0.05) is 4.88 Å². The van der Waals surface area contributed by atoms with Crippen molar-refractivity contribution in [1.82, 2.24) is 0 Å². The Morgan fingerprint density at radius 1 is 1.35 bits per heavy atom. The molecule has 0 aliphatic carbocycles. The summed E-state index contributed by atoms with van der Waals surface area (Å²) in [5, 5.41) is 9.45. The van der Waals surface area contributed by atoms with E-state index in [0.717, 1.165) is 0 Å². The molecular weight excluding hydrogens is 279 g/mol. The first-order valence-corrected chi connectivity index (χ1v) is 7.21. The van der Waals surface area contributed by atoms with Gasteiger partial charge in [0.15, 0.2) is 0 Å². The van der Waals surface area contributed by atoms with Gasteiger partial charge < -0.3 is 19.2 Å². The van der Waals surface area contributed by atoms with Crippen LogP contribution in [-0.2, 0) is 20.7 Å². The molecule has 1 aromatic rings. The average Bonchev–Trinajstić information content (AvgIpc) is 2.88. The summed E-state index contributed by atoms with van der Waals surface area (Å²) in [6, 6.07) is 1.67. The van der Waals surface area contributed by atoms with Gasteiger partial charge >= 0.3 is 13.1 Å². The maximum absolute atomic E-state index is 11.6. The number of aliphatic hydroxyl groups excluding tert-OH is 1. The van der Waals surface area contributed by atoms with Crippen molar-refractivity contribution in [2.45, 2.75) is 45.5 Å². The number of esters is 1. The van der Waals surface area contributed by atoms with Crippen molar-refractivity contribution in [1.29, 1.82) is 0 Å². The number of carbonyl (C=O) groups is 1. The van der Waals surface area contributed by atoms with E-state index in [1.54, 1.807) is 6.07 Å². The molecule has 0 atom stereocenters. The van der Waals surface area contributed by atoms with Gasteiger partial charge in [0.05, 0.1) is 24.9 Å². The van der Waals surface area contributed by atoms with Crippen LogP contribution in [0.25, 0.3) is 0 Å². The number of methoxy groups -OCH3 is 1. The largest absolute Gasteiger partial charge is 0.496 e. The fourth-order valence-corrected chi connectivity index (χ4v) is 2.89. The van der Waals surface area contributed by atoms with Crippen LogP contribution in [0.5, 0.6) is 0 Å². The van der Waals surface area contributed by atoms with Crippen LogP contribution < -0.4 is 5.46 Å². The summed E-state index contributed by atoms with van der Waals surface area (Å²) in [6.45, 7) is 7.66. The predicted molar refractivity (Wildman–Crippen MR) is 77.3 cm³/mol. The zero-order valence-electron chi connectivity index (χ0n) is 12.4. The minimum atomic E-state index is -0.586. The SMILES string of the molecule is COC(=O)c1cc(B2OC(C)(C)C(C)(C)O2)c(CO)s1. The third-order valence-electron chi connectivity index (χ3n) is 3.88. The minimum Gasteiger partial charge on any atom is -0.465 e. The molecular formula is C13H19BO5S. The monoisotopic (exact) mass is 298 g/mol. The Morgan fingerprint density at radius 3 is 2.35 bits per heavy atom. The lowest BCUT2D eigenvalue weighted by Gasteiger charge is -2.32. The lowest BCUT2D eigenvalue weighted by molar-refractivity contribution is 0.00578. The molecule has 1 fully saturated rings. The van der Waals surface area contributed by atoms with Crippen LogP contribution in [0.4, 0.5) is 0 Å². The van der Waals surface area contributed by atoms with Crippen LogP contribution in [0.3, 0.4) is 0 Å². The Balaban J connectivity index is 2.34. The fourth-order valence-electron chi connectivity index (χ4n) is 1.94. The Labute approximate surface area is 123 Å². The maximum Gasteiger partial charge on any atom is 0.496 e. The molecule has 0 spiro atoms. The van der Waals surface area contributed by atoms with Crippen LogP contribution >= 0.6 is 11.3 Å². The summed E-state index contributed by atoms with van der Waals surface area (Å²) in [5.41, 5.74) is -0.230. The average molecular weight is 298 g/mol. The van der Waals surface area contributed by atoms with Gasteiger partial charge in [0.2, 0.25) is 0 Å². The number of carbonyl (C=O) groups excluding carboxylic acids is 1. The van der Waals surface area contributed by atoms with E-state index in [1.165, 1.54) is 18.4 Å². The molecule has 1 aliphatic heterocycles. The molecule has 1 saturated heterocycles. The second-order valence-electron chi connectivity index (χ2n) is 5.73. The summed E-state index contributed by atoms with van der Waals surface area (Å²) in [4.78, 5) is 12.7. The van der Waals surface area contributed by atoms with Gasteiger partial charge in [-0.1, -0.05) is 0 Å². The fraction of sp³-hybridized carbons (Fsp3) is 0.615. The van der Waals surface area contributed by atoms with E-state index in [9.17, 15) is 9.90 Å². The number of aliphatic hydroxyl groups is 1. The molecule has 0 unspecified atom stereocenters. The second kappa shape index (κ2) is 5.14. The number of rotatable bonds is 3. The Bertz CT molecular complexity index is 507. The molecule has 2 rings (SSSR count). The van der Waals surface area contributed by atoms with Gasteiger partial charge in [-0.05, 0) is 39.2 Å². The molecule has 0 amide bonds. The van der Waals surface area contributed by atoms with Crippen molar-refractivity contribution in [3.63, 3.8) is 0 Å². The van der Waals surface area contributed by atoms with Crippen LogP contribution in [0.1, 0.15) is 42.2 Å².